The zero-order valence-electron chi connectivity index (χ0n) is 20.1. The molecule has 2 N–H and O–H groups in total. The van der Waals surface area contributed by atoms with Gasteiger partial charge in [0.2, 0.25) is 11.7 Å². The number of pyridine rings is 1. The molecule has 0 saturated heterocycles. The van der Waals surface area contributed by atoms with Crippen molar-refractivity contribution < 1.29 is 9.59 Å². The van der Waals surface area contributed by atoms with Gasteiger partial charge in [-0.2, -0.15) is 0 Å². The summed E-state index contributed by atoms with van der Waals surface area (Å²) in [5, 5.41) is 10.4. The molecule has 0 spiro atoms. The minimum absolute atomic E-state index is 0.0361. The fraction of sp³-hybridized carbons (Fsp3) is 0.375. The first-order chi connectivity index (χ1) is 16.9. The highest BCUT2D eigenvalue weighted by atomic mass is 32.2. The molecule has 10 nitrogen and oxygen atoms in total. The number of carbonyl (C=O) groups is 2. The maximum Gasteiger partial charge on any atom is 0.291 e. The van der Waals surface area contributed by atoms with E-state index in [1.165, 1.54) is 18.1 Å². The van der Waals surface area contributed by atoms with Crippen molar-refractivity contribution in [3.63, 3.8) is 0 Å². The molecule has 4 rings (SSSR count). The third-order valence-electron chi connectivity index (χ3n) is 5.56. The average Bonchev–Trinajstić information content (AvgIpc) is 3.28. The lowest BCUT2D eigenvalue weighted by molar-refractivity contribution is -0.119. The number of nitrogens with one attached hydrogen (secondary N) is 2. The maximum absolute atomic E-state index is 13.1. The van der Waals surface area contributed by atoms with E-state index in [-0.39, 0.29) is 11.7 Å². The van der Waals surface area contributed by atoms with Gasteiger partial charge in [0.1, 0.15) is 18.2 Å². The standard InChI is InChI=1S/C24H30N8O2S/c1-30(2)11-7-10-25-21-12-20-19(13-26-21)31(3)24(34)18(15-35-20)28-23(33)22-27-16-32(29-22)14-17-8-5-4-6-9-17/h4-6,8-9,12-13,16,18H,7,10-11,14-15H2,1-3H3,(H,25,26)(H,28,33)/t18-/m0/s1. The summed E-state index contributed by atoms with van der Waals surface area (Å²) in [5.74, 6) is 0.523. The number of aromatic nitrogens is 4. The van der Waals surface area contributed by atoms with Crippen LogP contribution in [-0.4, -0.2) is 82.5 Å². The number of likely N-dealkylation sites (N-methyl/N-ethyl adjacent to an activating group) is 1. The Morgan fingerprint density at radius 3 is 2.80 bits per heavy atom. The number of anilines is 2. The van der Waals surface area contributed by atoms with Gasteiger partial charge in [-0.15, -0.1) is 16.9 Å². The number of nitrogens with zero attached hydrogens (tertiary/aromatic N) is 6. The summed E-state index contributed by atoms with van der Waals surface area (Å²) in [4.78, 5) is 39.1. The van der Waals surface area contributed by atoms with Gasteiger partial charge in [-0.1, -0.05) is 30.3 Å². The van der Waals surface area contributed by atoms with Crippen molar-refractivity contribution in [1.82, 2.24) is 30.0 Å². The Morgan fingerprint density at radius 2 is 2.03 bits per heavy atom. The van der Waals surface area contributed by atoms with Crippen molar-refractivity contribution in [2.45, 2.75) is 23.9 Å². The predicted octanol–water partition coefficient (Wildman–Crippen LogP) is 1.95. The van der Waals surface area contributed by atoms with Crippen molar-refractivity contribution in [1.29, 1.82) is 0 Å². The van der Waals surface area contributed by atoms with Gasteiger partial charge in [0, 0.05) is 24.2 Å². The van der Waals surface area contributed by atoms with Crippen LogP contribution in [0.5, 0.6) is 0 Å². The second kappa shape index (κ2) is 11.3. The van der Waals surface area contributed by atoms with Crippen LogP contribution < -0.4 is 15.5 Å². The minimum atomic E-state index is -0.706. The molecule has 1 aliphatic heterocycles. The lowest BCUT2D eigenvalue weighted by Crippen LogP contribution is -2.48. The second-order valence-corrected chi connectivity index (χ2v) is 9.67. The van der Waals surface area contributed by atoms with Crippen molar-refractivity contribution in [3.8, 4) is 0 Å². The molecule has 1 aromatic carbocycles. The van der Waals surface area contributed by atoms with Gasteiger partial charge in [-0.3, -0.25) is 9.59 Å². The van der Waals surface area contributed by atoms with Crippen LogP contribution in [-0.2, 0) is 11.3 Å². The summed E-state index contributed by atoms with van der Waals surface area (Å²) >= 11 is 1.52. The summed E-state index contributed by atoms with van der Waals surface area (Å²) in [5.41, 5.74) is 1.78. The highest BCUT2D eigenvalue weighted by Crippen LogP contribution is 2.34. The van der Waals surface area contributed by atoms with Gasteiger partial charge in [-0.25, -0.2) is 14.6 Å². The first-order valence-electron chi connectivity index (χ1n) is 11.4. The molecule has 0 radical (unpaired) electrons. The first kappa shape index (κ1) is 24.7. The summed E-state index contributed by atoms with van der Waals surface area (Å²) < 4.78 is 1.61. The van der Waals surface area contributed by atoms with Gasteiger partial charge in [0.15, 0.2) is 0 Å². The van der Waals surface area contributed by atoms with E-state index in [0.717, 1.165) is 41.5 Å². The number of hydrogen-bond donors (Lipinski definition) is 2. The monoisotopic (exact) mass is 494 g/mol. The number of carbonyl (C=O) groups excluding carboxylic acids is 2. The topological polar surface area (TPSA) is 108 Å². The molecule has 3 aromatic rings. The van der Waals surface area contributed by atoms with E-state index in [1.54, 1.807) is 22.8 Å². The highest BCUT2D eigenvalue weighted by molar-refractivity contribution is 7.99. The summed E-state index contributed by atoms with van der Waals surface area (Å²) in [7, 11) is 5.79. The molecule has 0 unspecified atom stereocenters. The molecule has 3 heterocycles. The molecule has 0 saturated carbocycles. The number of hydrogen-bond acceptors (Lipinski definition) is 8. The quantitative estimate of drug-likeness (QED) is 0.435. The Hall–Kier alpha value is -3.44. The highest BCUT2D eigenvalue weighted by Gasteiger charge is 2.31. The largest absolute Gasteiger partial charge is 0.370 e. The minimum Gasteiger partial charge on any atom is -0.370 e. The number of fused-ring (bicyclic) bond motifs is 1. The lowest BCUT2D eigenvalue weighted by Gasteiger charge is -2.21. The zero-order chi connectivity index (χ0) is 24.8. The van der Waals surface area contributed by atoms with Crippen LogP contribution >= 0.6 is 11.8 Å². The van der Waals surface area contributed by atoms with Crippen LogP contribution in [0.2, 0.25) is 0 Å². The van der Waals surface area contributed by atoms with Crippen LogP contribution in [0, 0.1) is 0 Å². The van der Waals surface area contributed by atoms with Crippen LogP contribution in [0.3, 0.4) is 0 Å². The Balaban J connectivity index is 1.38. The van der Waals surface area contributed by atoms with Crippen molar-refractivity contribution in [2.24, 2.45) is 0 Å². The van der Waals surface area contributed by atoms with E-state index in [2.05, 4.69) is 30.6 Å². The van der Waals surface area contributed by atoms with E-state index < -0.39 is 11.9 Å². The van der Waals surface area contributed by atoms with Crippen LogP contribution in [0.15, 0.2) is 53.8 Å². The fourth-order valence-corrected chi connectivity index (χ4v) is 4.78. The second-order valence-electron chi connectivity index (χ2n) is 8.61. The van der Waals surface area contributed by atoms with Gasteiger partial charge >= 0.3 is 0 Å². The van der Waals surface area contributed by atoms with Crippen LogP contribution in [0.4, 0.5) is 11.5 Å². The van der Waals surface area contributed by atoms with Gasteiger partial charge in [-0.05, 0) is 38.7 Å². The number of thioether (sulfide) groups is 1. The molecule has 0 aliphatic carbocycles. The van der Waals surface area contributed by atoms with E-state index in [4.69, 9.17) is 0 Å². The van der Waals surface area contributed by atoms with Crippen molar-refractivity contribution >= 4 is 35.1 Å². The van der Waals surface area contributed by atoms with Crippen molar-refractivity contribution in [2.75, 3.05) is 50.2 Å². The Bertz CT molecular complexity index is 1170. The van der Waals surface area contributed by atoms with E-state index in [9.17, 15) is 9.59 Å². The Kier molecular flexibility index (Phi) is 7.98. The number of benzene rings is 1. The molecule has 0 fully saturated rings. The summed E-state index contributed by atoms with van der Waals surface area (Å²) in [6.07, 6.45) is 4.22. The SMILES string of the molecule is CN(C)CCCNc1cc2c(cn1)N(C)C(=O)[C@@H](NC(=O)c1ncn(Cc3ccccc3)n1)CS2. The predicted molar refractivity (Wildman–Crippen MR) is 137 cm³/mol. The number of amides is 2. The first-order valence-corrected chi connectivity index (χ1v) is 12.4. The Labute approximate surface area is 209 Å². The molecule has 1 atom stereocenters. The molecule has 11 heteroatoms. The van der Waals surface area contributed by atoms with Crippen molar-refractivity contribution in [3.05, 3.63) is 60.3 Å². The lowest BCUT2D eigenvalue weighted by atomic mass is 10.2. The van der Waals surface area contributed by atoms with Gasteiger partial charge in [0.25, 0.3) is 5.91 Å². The third-order valence-corrected chi connectivity index (χ3v) is 6.70. The van der Waals surface area contributed by atoms with Gasteiger partial charge < -0.3 is 20.4 Å². The zero-order valence-corrected chi connectivity index (χ0v) is 21.0. The molecule has 2 aromatic heterocycles. The molecule has 1 aliphatic rings. The van der Waals surface area contributed by atoms with E-state index in [1.807, 2.05) is 50.5 Å². The number of rotatable bonds is 9. The molecular weight excluding hydrogens is 464 g/mol. The Morgan fingerprint density at radius 1 is 1.23 bits per heavy atom. The van der Waals surface area contributed by atoms with E-state index in [0.29, 0.717) is 12.3 Å². The molecular formula is C24H30N8O2S. The molecule has 184 valence electrons. The fourth-order valence-electron chi connectivity index (χ4n) is 3.67. The molecule has 35 heavy (non-hydrogen) atoms. The molecule has 2 amide bonds. The maximum atomic E-state index is 13.1. The van der Waals surface area contributed by atoms with Crippen LogP contribution in [0.1, 0.15) is 22.6 Å². The normalized spacial score (nSPS) is 15.6. The molecule has 0 bridgehead atoms. The summed E-state index contributed by atoms with van der Waals surface area (Å²) in [6, 6.07) is 11.1. The smallest absolute Gasteiger partial charge is 0.291 e. The third kappa shape index (κ3) is 6.37. The summed E-state index contributed by atoms with van der Waals surface area (Å²) in [6.45, 7) is 2.31. The van der Waals surface area contributed by atoms with E-state index >= 15 is 0 Å². The van der Waals surface area contributed by atoms with Gasteiger partial charge in [0.05, 0.1) is 18.4 Å². The average molecular weight is 495 g/mol. The van der Waals surface area contributed by atoms with Crippen LogP contribution in [0.25, 0.3) is 0 Å².